The van der Waals surface area contributed by atoms with Gasteiger partial charge >= 0.3 is 0 Å². The number of aryl methyl sites for hydroxylation is 1. The first-order valence-corrected chi connectivity index (χ1v) is 9.74. The third-order valence-electron chi connectivity index (χ3n) is 4.38. The summed E-state index contributed by atoms with van der Waals surface area (Å²) in [7, 11) is 0. The Hall–Kier alpha value is -2.11. The highest BCUT2D eigenvalue weighted by Gasteiger charge is 2.23. The van der Waals surface area contributed by atoms with Crippen LogP contribution in [0.15, 0.2) is 34.6 Å². The molecular weight excluding hydrogens is 368 g/mol. The standard InChI is InChI=1S/C20H21ClN2O2S/c1-4-15(20-17(22-3)7-8-26-20)16-10-13(21)9-12(2)19(16)25-14-5-6-18(24)23-11-14/h4,7-10,14H,3,5-6,11H2,1-2H3,(H,23,24)/b15-4-. The van der Waals surface area contributed by atoms with Gasteiger partial charge in [-0.1, -0.05) is 17.7 Å². The number of hydrogen-bond acceptors (Lipinski definition) is 4. The summed E-state index contributed by atoms with van der Waals surface area (Å²) in [5, 5.41) is 5.52. The molecule has 4 nitrogen and oxygen atoms in total. The van der Waals surface area contributed by atoms with Gasteiger partial charge in [0.2, 0.25) is 5.91 Å². The number of halogens is 1. The minimum Gasteiger partial charge on any atom is -0.488 e. The molecule has 0 aliphatic carbocycles. The highest BCUT2D eigenvalue weighted by atomic mass is 35.5. The van der Waals surface area contributed by atoms with E-state index in [1.165, 1.54) is 0 Å². The maximum Gasteiger partial charge on any atom is 0.220 e. The fraction of sp³-hybridized carbons (Fsp3) is 0.300. The van der Waals surface area contributed by atoms with Gasteiger partial charge in [0.05, 0.1) is 17.1 Å². The molecule has 6 heteroatoms. The second-order valence-electron chi connectivity index (χ2n) is 6.18. The molecule has 0 spiro atoms. The van der Waals surface area contributed by atoms with Crippen LogP contribution < -0.4 is 10.1 Å². The first-order valence-electron chi connectivity index (χ1n) is 8.48. The summed E-state index contributed by atoms with van der Waals surface area (Å²) in [5.74, 6) is 0.874. The summed E-state index contributed by atoms with van der Waals surface area (Å²) in [4.78, 5) is 16.6. The van der Waals surface area contributed by atoms with Gasteiger partial charge in [0.25, 0.3) is 0 Å². The van der Waals surface area contributed by atoms with E-state index < -0.39 is 0 Å². The lowest BCUT2D eigenvalue weighted by atomic mass is 9.99. The molecule has 2 aromatic rings. The predicted molar refractivity (Wildman–Crippen MR) is 109 cm³/mol. The molecule has 1 N–H and O–H groups in total. The molecule has 2 heterocycles. The van der Waals surface area contributed by atoms with Crippen molar-refractivity contribution in [1.29, 1.82) is 0 Å². The lowest BCUT2D eigenvalue weighted by Gasteiger charge is -2.26. The van der Waals surface area contributed by atoms with Crippen LogP contribution in [0, 0.1) is 6.92 Å². The van der Waals surface area contributed by atoms with Crippen molar-refractivity contribution >= 4 is 46.8 Å². The molecule has 1 unspecified atom stereocenters. The van der Waals surface area contributed by atoms with Crippen LogP contribution in [0.25, 0.3) is 5.57 Å². The normalized spacial score (nSPS) is 17.7. The number of piperidine rings is 1. The van der Waals surface area contributed by atoms with Crippen molar-refractivity contribution in [3.63, 3.8) is 0 Å². The Kier molecular flexibility index (Phi) is 5.79. The Balaban J connectivity index is 2.03. The van der Waals surface area contributed by atoms with E-state index in [0.717, 1.165) is 33.0 Å². The second kappa shape index (κ2) is 8.06. The van der Waals surface area contributed by atoms with Crippen molar-refractivity contribution < 1.29 is 9.53 Å². The fourth-order valence-corrected chi connectivity index (χ4v) is 4.32. The summed E-state index contributed by atoms with van der Waals surface area (Å²) in [6.45, 7) is 8.16. The van der Waals surface area contributed by atoms with Crippen molar-refractivity contribution in [3.05, 3.63) is 50.7 Å². The molecule has 0 bridgehead atoms. The van der Waals surface area contributed by atoms with E-state index in [1.54, 1.807) is 11.3 Å². The van der Waals surface area contributed by atoms with Crippen LogP contribution in [0.5, 0.6) is 5.75 Å². The van der Waals surface area contributed by atoms with Crippen LogP contribution in [0.1, 0.15) is 35.8 Å². The average molecular weight is 389 g/mol. The summed E-state index contributed by atoms with van der Waals surface area (Å²) in [6.07, 6.45) is 3.18. The van der Waals surface area contributed by atoms with Crippen LogP contribution in [0.4, 0.5) is 5.69 Å². The molecule has 26 heavy (non-hydrogen) atoms. The molecule has 3 rings (SSSR count). The first-order chi connectivity index (χ1) is 12.5. The number of thiophene rings is 1. The lowest BCUT2D eigenvalue weighted by molar-refractivity contribution is -0.123. The van der Waals surface area contributed by atoms with E-state index in [1.807, 2.05) is 43.5 Å². The van der Waals surface area contributed by atoms with E-state index in [4.69, 9.17) is 16.3 Å². The topological polar surface area (TPSA) is 50.7 Å². The van der Waals surface area contributed by atoms with Gasteiger partial charge in [-0.2, -0.15) is 0 Å². The van der Waals surface area contributed by atoms with E-state index in [-0.39, 0.29) is 12.0 Å². The molecule has 1 aromatic heterocycles. The highest BCUT2D eigenvalue weighted by Crippen LogP contribution is 2.42. The Labute approximate surface area is 162 Å². The van der Waals surface area contributed by atoms with Gasteiger partial charge in [-0.25, -0.2) is 0 Å². The molecule has 0 radical (unpaired) electrons. The van der Waals surface area contributed by atoms with Gasteiger partial charge in [0.15, 0.2) is 0 Å². The quantitative estimate of drug-likeness (QED) is 0.720. The van der Waals surface area contributed by atoms with Crippen LogP contribution in [0.3, 0.4) is 0 Å². The number of ether oxygens (including phenoxy) is 1. The zero-order valence-electron chi connectivity index (χ0n) is 14.8. The third kappa shape index (κ3) is 3.84. The molecule has 136 valence electrons. The lowest BCUT2D eigenvalue weighted by Crippen LogP contribution is -2.41. The van der Waals surface area contributed by atoms with Gasteiger partial charge in [-0.3, -0.25) is 9.79 Å². The molecule has 0 saturated carbocycles. The van der Waals surface area contributed by atoms with Gasteiger partial charge in [0, 0.05) is 22.6 Å². The zero-order chi connectivity index (χ0) is 18.7. The molecule has 1 amide bonds. The second-order valence-corrected chi connectivity index (χ2v) is 7.53. The summed E-state index contributed by atoms with van der Waals surface area (Å²) >= 11 is 7.96. The van der Waals surface area contributed by atoms with Crippen molar-refractivity contribution in [2.45, 2.75) is 32.8 Å². The highest BCUT2D eigenvalue weighted by molar-refractivity contribution is 7.11. The maximum absolute atomic E-state index is 11.4. The number of aliphatic imine (C=N–C) groups is 1. The van der Waals surface area contributed by atoms with Crippen molar-refractivity contribution in [2.75, 3.05) is 6.54 Å². The summed E-state index contributed by atoms with van der Waals surface area (Å²) in [5.41, 5.74) is 3.76. The first kappa shape index (κ1) is 18.7. The SMILES string of the molecule is C=Nc1ccsc1/C(=C\C)c1cc(Cl)cc(C)c1OC1CCC(=O)NC1. The maximum atomic E-state index is 11.4. The number of amides is 1. The Bertz CT molecular complexity index is 863. The van der Waals surface area contributed by atoms with Crippen LogP contribution >= 0.6 is 22.9 Å². The zero-order valence-corrected chi connectivity index (χ0v) is 16.4. The fourth-order valence-electron chi connectivity index (χ4n) is 3.10. The average Bonchev–Trinajstić information content (AvgIpc) is 3.08. The molecule has 1 atom stereocenters. The Morgan fingerprint density at radius 1 is 1.50 bits per heavy atom. The third-order valence-corrected chi connectivity index (χ3v) is 5.54. The minimum atomic E-state index is -0.0511. The van der Waals surface area contributed by atoms with Gasteiger partial charge < -0.3 is 10.1 Å². The van der Waals surface area contributed by atoms with Crippen molar-refractivity contribution in [3.8, 4) is 5.75 Å². The van der Waals surface area contributed by atoms with Crippen molar-refractivity contribution in [2.24, 2.45) is 4.99 Å². The molecule has 1 saturated heterocycles. The number of hydrogen-bond donors (Lipinski definition) is 1. The van der Waals surface area contributed by atoms with Crippen LogP contribution in [-0.2, 0) is 4.79 Å². The van der Waals surface area contributed by atoms with Crippen LogP contribution in [0.2, 0.25) is 5.02 Å². The summed E-state index contributed by atoms with van der Waals surface area (Å²) < 4.78 is 6.32. The number of carbonyl (C=O) groups excluding carboxylic acids is 1. The summed E-state index contributed by atoms with van der Waals surface area (Å²) in [6, 6.07) is 5.77. The van der Waals surface area contributed by atoms with Crippen molar-refractivity contribution in [1.82, 2.24) is 5.32 Å². The monoisotopic (exact) mass is 388 g/mol. The number of nitrogens with one attached hydrogen (secondary N) is 1. The van der Waals surface area contributed by atoms with Crippen LogP contribution in [-0.4, -0.2) is 25.3 Å². The van der Waals surface area contributed by atoms with E-state index in [9.17, 15) is 4.79 Å². The minimum absolute atomic E-state index is 0.0511. The smallest absolute Gasteiger partial charge is 0.220 e. The molecule has 1 aliphatic rings. The van der Waals surface area contributed by atoms with Gasteiger partial charge in [0.1, 0.15) is 11.9 Å². The van der Waals surface area contributed by atoms with E-state index in [2.05, 4.69) is 17.0 Å². The van der Waals surface area contributed by atoms with Gasteiger partial charge in [-0.05, 0) is 56.1 Å². The molecular formula is C20H21ClN2O2S. The molecule has 1 fully saturated rings. The van der Waals surface area contributed by atoms with E-state index >= 15 is 0 Å². The number of allylic oxidation sites excluding steroid dienone is 1. The Morgan fingerprint density at radius 3 is 2.96 bits per heavy atom. The molecule has 1 aliphatic heterocycles. The predicted octanol–water partition coefficient (Wildman–Crippen LogP) is 5.15. The molecule has 1 aromatic carbocycles. The number of carbonyl (C=O) groups is 1. The number of benzene rings is 1. The Morgan fingerprint density at radius 2 is 2.31 bits per heavy atom. The van der Waals surface area contributed by atoms with Gasteiger partial charge in [-0.15, -0.1) is 11.3 Å². The largest absolute Gasteiger partial charge is 0.488 e. The number of rotatable bonds is 5. The van der Waals surface area contributed by atoms with E-state index in [0.29, 0.717) is 24.4 Å². The number of nitrogens with zero attached hydrogens (tertiary/aromatic N) is 1.